The van der Waals surface area contributed by atoms with Crippen LogP contribution in [0.15, 0.2) is 40.9 Å². The van der Waals surface area contributed by atoms with E-state index in [-0.39, 0.29) is 5.91 Å². The van der Waals surface area contributed by atoms with Crippen LogP contribution in [0.3, 0.4) is 0 Å². The number of nitrogens with one attached hydrogen (secondary N) is 1. The van der Waals surface area contributed by atoms with Crippen LogP contribution in [0.25, 0.3) is 0 Å². The van der Waals surface area contributed by atoms with Crippen LogP contribution < -0.4 is 15.1 Å². The Morgan fingerprint density at radius 2 is 1.69 bits per heavy atom. The molecule has 0 unspecified atom stereocenters. The Morgan fingerprint density at radius 1 is 1.00 bits per heavy atom. The van der Waals surface area contributed by atoms with Crippen molar-refractivity contribution in [2.45, 2.75) is 76.4 Å². The smallest absolute Gasteiger partial charge is 0.421 e. The first-order chi connectivity index (χ1) is 18.3. The molecule has 4 aliphatic rings. The molecule has 2 aromatic rings. The number of amides is 3. The van der Waals surface area contributed by atoms with E-state index >= 15 is 0 Å². The van der Waals surface area contributed by atoms with Crippen LogP contribution in [0.5, 0.6) is 0 Å². The lowest BCUT2D eigenvalue weighted by Crippen LogP contribution is -2.62. The van der Waals surface area contributed by atoms with Gasteiger partial charge in [0.15, 0.2) is 5.54 Å². The van der Waals surface area contributed by atoms with Crippen LogP contribution in [-0.2, 0) is 25.3 Å². The molecule has 1 saturated heterocycles. The highest BCUT2D eigenvalue weighted by Crippen LogP contribution is 2.70. The molecular weight excluding hydrogens is 578 g/mol. The summed E-state index contributed by atoms with van der Waals surface area (Å²) >= 11 is 9.68. The number of anilines is 2. The van der Waals surface area contributed by atoms with E-state index in [1.807, 2.05) is 31.2 Å². The molecule has 0 radical (unpaired) electrons. The predicted octanol–water partition coefficient (Wildman–Crippen LogP) is 6.03. The van der Waals surface area contributed by atoms with Crippen molar-refractivity contribution in [2.24, 2.45) is 5.41 Å². The van der Waals surface area contributed by atoms with Gasteiger partial charge in [0, 0.05) is 28.2 Å². The fourth-order valence-electron chi connectivity index (χ4n) is 7.66. The number of ether oxygens (including phenoxy) is 1. The van der Waals surface area contributed by atoms with Gasteiger partial charge in [-0.3, -0.25) is 9.59 Å². The lowest BCUT2D eigenvalue weighted by Gasteiger charge is -2.50. The molecular formula is C30H32BrN3O4S. The number of hydrogen-bond donors (Lipinski definition) is 1. The largest absolute Gasteiger partial charge is 0.443 e. The van der Waals surface area contributed by atoms with Crippen molar-refractivity contribution in [2.75, 3.05) is 16.8 Å². The first-order valence-electron chi connectivity index (χ1n) is 13.4. The number of hydrogen-bond acceptors (Lipinski definition) is 5. The molecule has 204 valence electrons. The molecule has 6 rings (SSSR count). The number of carbonyl (C=O) groups excluding carboxylic acids is 3. The van der Waals surface area contributed by atoms with Crippen molar-refractivity contribution in [1.29, 1.82) is 0 Å². The topological polar surface area (TPSA) is 79.0 Å². The Kier molecular flexibility index (Phi) is 5.67. The second kappa shape index (κ2) is 8.36. The summed E-state index contributed by atoms with van der Waals surface area (Å²) in [5.41, 5.74) is -0.594. The number of rotatable bonds is 0. The zero-order valence-electron chi connectivity index (χ0n) is 22.8. The van der Waals surface area contributed by atoms with Gasteiger partial charge in [-0.2, -0.15) is 0 Å². The van der Waals surface area contributed by atoms with Gasteiger partial charge in [0.05, 0.1) is 10.7 Å². The lowest BCUT2D eigenvalue weighted by atomic mass is 9.49. The highest BCUT2D eigenvalue weighted by molar-refractivity contribution is 9.10. The highest BCUT2D eigenvalue weighted by Gasteiger charge is 2.81. The van der Waals surface area contributed by atoms with Crippen molar-refractivity contribution in [3.63, 3.8) is 0 Å². The van der Waals surface area contributed by atoms with E-state index < -0.39 is 34.0 Å². The van der Waals surface area contributed by atoms with Crippen molar-refractivity contribution >= 4 is 62.4 Å². The van der Waals surface area contributed by atoms with Crippen molar-refractivity contribution in [3.05, 3.63) is 57.6 Å². The third-order valence-corrected chi connectivity index (χ3v) is 9.93. The first-order valence-corrected chi connectivity index (χ1v) is 14.6. The fourth-order valence-corrected chi connectivity index (χ4v) is 8.55. The molecule has 2 aromatic carbocycles. The minimum absolute atomic E-state index is 0.119. The summed E-state index contributed by atoms with van der Waals surface area (Å²) in [5.74, 6) is -0.566. The molecule has 1 aliphatic carbocycles. The second-order valence-corrected chi connectivity index (χ2v) is 13.6. The third kappa shape index (κ3) is 3.14. The molecule has 3 heterocycles. The molecule has 2 atom stereocenters. The Labute approximate surface area is 242 Å². The van der Waals surface area contributed by atoms with Crippen molar-refractivity contribution in [1.82, 2.24) is 5.32 Å². The summed E-state index contributed by atoms with van der Waals surface area (Å²) in [4.78, 5) is 46.3. The molecule has 9 heteroatoms. The molecule has 39 heavy (non-hydrogen) atoms. The van der Waals surface area contributed by atoms with Crippen LogP contribution in [0.4, 0.5) is 16.2 Å². The van der Waals surface area contributed by atoms with Crippen molar-refractivity contribution in [3.8, 4) is 0 Å². The summed E-state index contributed by atoms with van der Waals surface area (Å²) in [6.07, 6.45) is 3.16. The van der Waals surface area contributed by atoms with E-state index in [1.54, 1.807) is 38.8 Å². The predicted molar refractivity (Wildman–Crippen MR) is 157 cm³/mol. The number of halogens is 1. The molecule has 1 N–H and O–H groups in total. The Bertz CT molecular complexity index is 1480. The average Bonchev–Trinajstić information content (AvgIpc) is 3.33. The molecule has 0 bridgehead atoms. The van der Waals surface area contributed by atoms with E-state index in [4.69, 9.17) is 17.0 Å². The standard InChI is InChI=1S/C30H32BrN3O4S/c1-17-9-12-21-20(15-17)30(25(36)33(21)5)28(13-7-6-8-14-28)29(23(39)32-30)19-11-10-18(31)16-22(19)34(24(29)35)26(37)38-27(2,3)4/h9-12,15-16H,6-8,13-14H2,1-5H3,(H,32,39)/t29-,30-/m1/s1. The minimum Gasteiger partial charge on any atom is -0.443 e. The number of thiocarbonyl (C=S) groups is 1. The molecule has 1 saturated carbocycles. The van der Waals surface area contributed by atoms with Gasteiger partial charge >= 0.3 is 6.09 Å². The molecule has 0 aromatic heterocycles. The summed E-state index contributed by atoms with van der Waals surface area (Å²) in [5, 5.41) is 3.51. The Balaban J connectivity index is 1.68. The zero-order chi connectivity index (χ0) is 28.1. The zero-order valence-corrected chi connectivity index (χ0v) is 25.2. The third-order valence-electron chi connectivity index (χ3n) is 9.03. The molecule has 3 amide bonds. The molecule has 7 nitrogen and oxygen atoms in total. The van der Waals surface area contributed by atoms with Gasteiger partial charge in [-0.15, -0.1) is 0 Å². The van der Waals surface area contributed by atoms with Crippen LogP contribution in [0, 0.1) is 12.3 Å². The van der Waals surface area contributed by atoms with Crippen LogP contribution >= 0.6 is 28.1 Å². The maximum absolute atomic E-state index is 15.0. The monoisotopic (exact) mass is 609 g/mol. The Morgan fingerprint density at radius 3 is 2.36 bits per heavy atom. The first kappa shape index (κ1) is 26.4. The highest BCUT2D eigenvalue weighted by atomic mass is 79.9. The van der Waals surface area contributed by atoms with Crippen LogP contribution in [0.1, 0.15) is 69.6 Å². The molecule has 3 spiro atoms. The van der Waals surface area contributed by atoms with E-state index in [0.717, 1.165) is 45.4 Å². The summed E-state index contributed by atoms with van der Waals surface area (Å²) in [6, 6.07) is 11.5. The number of fused-ring (bicyclic) bond motifs is 6. The van der Waals surface area contributed by atoms with Crippen molar-refractivity contribution < 1.29 is 19.1 Å². The van der Waals surface area contributed by atoms with Crippen LogP contribution in [0.2, 0.25) is 0 Å². The van der Waals surface area contributed by atoms with Gasteiger partial charge in [0.2, 0.25) is 0 Å². The van der Waals surface area contributed by atoms with E-state index in [2.05, 4.69) is 27.3 Å². The van der Waals surface area contributed by atoms with Gasteiger partial charge in [-0.25, -0.2) is 9.69 Å². The molecule has 2 fully saturated rings. The maximum atomic E-state index is 15.0. The Hall–Kier alpha value is -2.78. The second-order valence-electron chi connectivity index (χ2n) is 12.3. The number of imide groups is 1. The van der Waals surface area contributed by atoms with E-state index in [9.17, 15) is 14.4 Å². The average molecular weight is 611 g/mol. The number of likely N-dealkylation sites (N-methyl/N-ethyl adjacent to an activating group) is 1. The van der Waals surface area contributed by atoms with E-state index in [1.165, 1.54) is 0 Å². The van der Waals surface area contributed by atoms with Gasteiger partial charge in [0.25, 0.3) is 11.8 Å². The van der Waals surface area contributed by atoms with Gasteiger partial charge in [-0.05, 0) is 64.3 Å². The SMILES string of the molecule is Cc1ccc2c(c1)[C@@]1(NC(=S)[C@]3(C(=O)N(C(=O)OC(C)(C)C)c4cc(Br)ccc43)C13CCCCC3)C(=O)N2C. The number of benzene rings is 2. The minimum atomic E-state index is -1.41. The number of aryl methyl sites for hydroxylation is 1. The summed E-state index contributed by atoms with van der Waals surface area (Å²) < 4.78 is 6.47. The fraction of sp³-hybridized carbons (Fsp3) is 0.467. The summed E-state index contributed by atoms with van der Waals surface area (Å²) in [7, 11) is 1.78. The number of nitrogens with zero attached hydrogens (tertiary/aromatic N) is 2. The van der Waals surface area contributed by atoms with Gasteiger partial charge in [0.1, 0.15) is 11.0 Å². The quantitative estimate of drug-likeness (QED) is 0.367. The maximum Gasteiger partial charge on any atom is 0.421 e. The van der Waals surface area contributed by atoms with Gasteiger partial charge in [-0.1, -0.05) is 71.2 Å². The molecule has 3 aliphatic heterocycles. The van der Waals surface area contributed by atoms with Gasteiger partial charge < -0.3 is 15.0 Å². The normalized spacial score (nSPS) is 27.0. The van der Waals surface area contributed by atoms with E-state index in [0.29, 0.717) is 29.1 Å². The number of carbonyl (C=O) groups is 3. The summed E-state index contributed by atoms with van der Waals surface area (Å²) in [6.45, 7) is 7.32. The lowest BCUT2D eigenvalue weighted by molar-refractivity contribution is -0.135. The van der Waals surface area contributed by atoms with Crippen LogP contribution in [-0.4, -0.2) is 35.5 Å².